The summed E-state index contributed by atoms with van der Waals surface area (Å²) in [5.74, 6) is 4.76. The van der Waals surface area contributed by atoms with Crippen molar-refractivity contribution in [1.82, 2.24) is 4.98 Å². The Morgan fingerprint density at radius 2 is 1.64 bits per heavy atom. The standard InChI is InChI=1S/C10H15NO.C8H8F3NO/c1-5-9-8(4)11-7(3)6(2)10(9)12;9-8(10,11)7-3-1-6(2-4-7)5-13-12/h5H2,1-4H3,(H,11,12);1-4H,5,12H2. The number of H-pyrrole nitrogens is 1. The second-order valence-corrected chi connectivity index (χ2v) is 5.67. The normalized spacial score (nSPS) is 11.0. The van der Waals surface area contributed by atoms with Crippen LogP contribution in [0.25, 0.3) is 0 Å². The van der Waals surface area contributed by atoms with Crippen LogP contribution in [0.4, 0.5) is 13.2 Å². The maximum Gasteiger partial charge on any atom is 0.416 e. The molecule has 7 heteroatoms. The van der Waals surface area contributed by atoms with Gasteiger partial charge < -0.3 is 4.98 Å². The Hall–Kier alpha value is -2.12. The molecule has 1 heterocycles. The van der Waals surface area contributed by atoms with E-state index in [9.17, 15) is 18.0 Å². The maximum atomic E-state index is 12.0. The summed E-state index contributed by atoms with van der Waals surface area (Å²) in [7, 11) is 0. The molecule has 1 aromatic carbocycles. The Labute approximate surface area is 144 Å². The highest BCUT2D eigenvalue weighted by atomic mass is 19.4. The van der Waals surface area contributed by atoms with Crippen LogP contribution in [0.3, 0.4) is 0 Å². The second-order valence-electron chi connectivity index (χ2n) is 5.67. The van der Waals surface area contributed by atoms with E-state index in [1.807, 2.05) is 27.7 Å². The number of nitrogens with two attached hydrogens (primary N) is 1. The van der Waals surface area contributed by atoms with E-state index in [2.05, 4.69) is 9.82 Å². The first-order valence-corrected chi connectivity index (χ1v) is 7.78. The van der Waals surface area contributed by atoms with Gasteiger partial charge in [0.2, 0.25) is 0 Å². The van der Waals surface area contributed by atoms with Gasteiger partial charge in [-0.2, -0.15) is 13.2 Å². The maximum absolute atomic E-state index is 12.0. The van der Waals surface area contributed by atoms with Crippen LogP contribution in [0.5, 0.6) is 0 Å². The number of pyridine rings is 1. The number of hydrogen-bond acceptors (Lipinski definition) is 3. The fourth-order valence-electron chi connectivity index (χ4n) is 2.33. The number of aryl methyl sites for hydroxylation is 2. The van der Waals surface area contributed by atoms with Crippen molar-refractivity contribution in [3.8, 4) is 0 Å². The number of nitrogens with one attached hydrogen (secondary N) is 1. The molecular weight excluding hydrogens is 333 g/mol. The van der Waals surface area contributed by atoms with Crippen LogP contribution in [0, 0.1) is 20.8 Å². The van der Waals surface area contributed by atoms with E-state index in [1.54, 1.807) is 0 Å². The van der Waals surface area contributed by atoms with Gasteiger partial charge in [-0.25, -0.2) is 5.90 Å². The van der Waals surface area contributed by atoms with Crippen LogP contribution in [0.1, 0.15) is 40.6 Å². The molecule has 0 fully saturated rings. The first kappa shape index (κ1) is 20.9. The van der Waals surface area contributed by atoms with Crippen LogP contribution in [0.15, 0.2) is 29.1 Å². The number of benzene rings is 1. The molecule has 0 unspecified atom stereocenters. The van der Waals surface area contributed by atoms with Gasteiger partial charge in [-0.15, -0.1) is 0 Å². The van der Waals surface area contributed by atoms with Gasteiger partial charge >= 0.3 is 6.18 Å². The SMILES string of the molecule is CCc1c(C)[nH]c(C)c(C)c1=O.NOCc1ccc(C(F)(F)F)cc1. The third-order valence-corrected chi connectivity index (χ3v) is 3.89. The van der Waals surface area contributed by atoms with Crippen molar-refractivity contribution in [3.63, 3.8) is 0 Å². The molecule has 0 amide bonds. The molecule has 25 heavy (non-hydrogen) atoms. The van der Waals surface area contributed by atoms with Crippen LogP contribution < -0.4 is 11.3 Å². The highest BCUT2D eigenvalue weighted by molar-refractivity contribution is 5.28. The second kappa shape index (κ2) is 8.82. The Morgan fingerprint density at radius 1 is 1.08 bits per heavy atom. The molecule has 0 aliphatic heterocycles. The predicted molar refractivity (Wildman–Crippen MR) is 91.1 cm³/mol. The van der Waals surface area contributed by atoms with Crippen LogP contribution in [0.2, 0.25) is 0 Å². The van der Waals surface area contributed by atoms with Crippen LogP contribution in [-0.2, 0) is 24.0 Å². The molecular formula is C18H23F3N2O2. The Bertz CT molecular complexity index is 751. The van der Waals surface area contributed by atoms with Crippen molar-refractivity contribution in [3.05, 3.63) is 68.1 Å². The highest BCUT2D eigenvalue weighted by Crippen LogP contribution is 2.29. The number of aromatic nitrogens is 1. The number of halogens is 3. The molecule has 4 nitrogen and oxygen atoms in total. The van der Waals surface area contributed by atoms with Gasteiger partial charge in [0.15, 0.2) is 5.43 Å². The number of rotatable bonds is 3. The lowest BCUT2D eigenvalue weighted by molar-refractivity contribution is -0.137. The lowest BCUT2D eigenvalue weighted by Gasteiger charge is -2.06. The zero-order chi connectivity index (χ0) is 19.2. The molecule has 0 aliphatic carbocycles. The molecule has 0 radical (unpaired) electrons. The minimum atomic E-state index is -4.29. The zero-order valence-corrected chi connectivity index (χ0v) is 14.8. The Kier molecular flexibility index (Phi) is 7.38. The van der Waals surface area contributed by atoms with Gasteiger partial charge in [-0.05, 0) is 44.9 Å². The zero-order valence-electron chi connectivity index (χ0n) is 14.8. The molecule has 138 valence electrons. The fraction of sp³-hybridized carbons (Fsp3) is 0.389. The van der Waals surface area contributed by atoms with E-state index in [4.69, 9.17) is 5.90 Å². The predicted octanol–water partition coefficient (Wildman–Crippen LogP) is 3.96. The van der Waals surface area contributed by atoms with Crippen molar-refractivity contribution >= 4 is 0 Å². The molecule has 0 atom stereocenters. The Morgan fingerprint density at radius 3 is 2.08 bits per heavy atom. The summed E-state index contributed by atoms with van der Waals surface area (Å²) in [5, 5.41) is 0. The Balaban J connectivity index is 0.000000251. The van der Waals surface area contributed by atoms with Crippen molar-refractivity contribution in [2.75, 3.05) is 0 Å². The summed E-state index contributed by atoms with van der Waals surface area (Å²) in [6, 6.07) is 4.65. The third kappa shape index (κ3) is 5.72. The van der Waals surface area contributed by atoms with Gasteiger partial charge in [-0.3, -0.25) is 9.63 Å². The number of hydrogen-bond donors (Lipinski definition) is 2. The summed E-state index contributed by atoms with van der Waals surface area (Å²) >= 11 is 0. The third-order valence-electron chi connectivity index (χ3n) is 3.89. The van der Waals surface area contributed by atoms with Gasteiger partial charge in [0.25, 0.3) is 0 Å². The van der Waals surface area contributed by atoms with Crippen LogP contribution >= 0.6 is 0 Å². The molecule has 0 saturated heterocycles. The fourth-order valence-corrected chi connectivity index (χ4v) is 2.33. The molecule has 2 rings (SSSR count). The molecule has 0 saturated carbocycles. The monoisotopic (exact) mass is 356 g/mol. The lowest BCUT2D eigenvalue weighted by atomic mass is 10.1. The van der Waals surface area contributed by atoms with Gasteiger partial charge in [0.05, 0.1) is 12.2 Å². The summed E-state index contributed by atoms with van der Waals surface area (Å²) in [6.45, 7) is 7.87. The molecule has 0 aliphatic rings. The van der Waals surface area contributed by atoms with Crippen molar-refractivity contribution < 1.29 is 18.0 Å². The molecule has 0 bridgehead atoms. The molecule has 3 N–H and O–H groups in total. The highest BCUT2D eigenvalue weighted by Gasteiger charge is 2.29. The van der Waals surface area contributed by atoms with Gasteiger partial charge in [-0.1, -0.05) is 19.1 Å². The van der Waals surface area contributed by atoms with Crippen LogP contribution in [-0.4, -0.2) is 4.98 Å². The minimum Gasteiger partial charge on any atom is -0.362 e. The molecule has 0 spiro atoms. The first-order chi connectivity index (χ1) is 11.6. The average molecular weight is 356 g/mol. The van der Waals surface area contributed by atoms with E-state index in [0.29, 0.717) is 5.56 Å². The smallest absolute Gasteiger partial charge is 0.362 e. The largest absolute Gasteiger partial charge is 0.416 e. The lowest BCUT2D eigenvalue weighted by Crippen LogP contribution is -2.16. The van der Waals surface area contributed by atoms with E-state index < -0.39 is 11.7 Å². The molecule has 1 aromatic heterocycles. The summed E-state index contributed by atoms with van der Waals surface area (Å²) in [6.07, 6.45) is -3.48. The summed E-state index contributed by atoms with van der Waals surface area (Å²) < 4.78 is 36.1. The van der Waals surface area contributed by atoms with E-state index in [1.165, 1.54) is 12.1 Å². The van der Waals surface area contributed by atoms with Gasteiger partial charge in [0.1, 0.15) is 0 Å². The first-order valence-electron chi connectivity index (χ1n) is 7.78. The number of aromatic amines is 1. The van der Waals surface area contributed by atoms with Crippen molar-refractivity contribution in [2.45, 2.75) is 46.9 Å². The molecule has 2 aromatic rings. The van der Waals surface area contributed by atoms with E-state index >= 15 is 0 Å². The summed E-state index contributed by atoms with van der Waals surface area (Å²) in [4.78, 5) is 19.1. The van der Waals surface area contributed by atoms with Gasteiger partial charge in [0, 0.05) is 22.5 Å². The van der Waals surface area contributed by atoms with E-state index in [-0.39, 0.29) is 12.0 Å². The summed E-state index contributed by atoms with van der Waals surface area (Å²) in [5.41, 5.74) is 3.88. The van der Waals surface area contributed by atoms with Crippen molar-refractivity contribution in [2.24, 2.45) is 5.90 Å². The quantitative estimate of drug-likeness (QED) is 0.818. The number of alkyl halides is 3. The minimum absolute atomic E-state index is 0.109. The topological polar surface area (TPSA) is 68.1 Å². The van der Waals surface area contributed by atoms with E-state index in [0.717, 1.165) is 41.1 Å². The van der Waals surface area contributed by atoms with Crippen molar-refractivity contribution in [1.29, 1.82) is 0 Å². The average Bonchev–Trinajstić information content (AvgIpc) is 2.54.